The molecule has 1 aliphatic rings. The fourth-order valence-corrected chi connectivity index (χ4v) is 5.21. The number of ether oxygens (including phenoxy) is 1. The number of phenols is 2. The van der Waals surface area contributed by atoms with E-state index in [0.717, 1.165) is 69.7 Å². The van der Waals surface area contributed by atoms with E-state index in [1.165, 1.54) is 6.07 Å². The highest BCUT2D eigenvalue weighted by Crippen LogP contribution is 2.43. The second-order valence-corrected chi connectivity index (χ2v) is 11.2. The van der Waals surface area contributed by atoms with E-state index in [1.54, 1.807) is 11.5 Å². The summed E-state index contributed by atoms with van der Waals surface area (Å²) in [5.41, 5.74) is 5.04. The predicted octanol–water partition coefficient (Wildman–Crippen LogP) is 4.95. The highest BCUT2D eigenvalue weighted by atomic mass is 16.5. The van der Waals surface area contributed by atoms with Crippen LogP contribution < -0.4 is 10.8 Å². The molecule has 1 aliphatic heterocycles. The number of hydrogen-bond acceptors (Lipinski definition) is 9. The number of aromatic hydroxyl groups is 2. The van der Waals surface area contributed by atoms with Crippen molar-refractivity contribution in [2.45, 2.75) is 64.8 Å². The van der Waals surface area contributed by atoms with Crippen LogP contribution in [0, 0.1) is 0 Å². The van der Waals surface area contributed by atoms with Crippen LogP contribution in [-0.2, 0) is 16.1 Å². The molecule has 0 spiro atoms. The third-order valence-electron chi connectivity index (χ3n) is 7.66. The van der Waals surface area contributed by atoms with Gasteiger partial charge in [-0.15, -0.1) is 0 Å². The summed E-state index contributed by atoms with van der Waals surface area (Å²) >= 11 is 0. The minimum atomic E-state index is -0.386. The summed E-state index contributed by atoms with van der Waals surface area (Å²) in [7, 11) is 0. The second-order valence-electron chi connectivity index (χ2n) is 11.2. The Kier molecular flexibility index (Phi) is 11.5. The van der Waals surface area contributed by atoms with E-state index in [2.05, 4.69) is 15.4 Å². The largest absolute Gasteiger partial charge is 0.508 e. The van der Waals surface area contributed by atoms with Gasteiger partial charge in [-0.05, 0) is 41.5 Å². The van der Waals surface area contributed by atoms with Crippen LogP contribution in [0.3, 0.4) is 0 Å². The molecule has 0 bridgehead atoms. The molecular formula is C32H42N4O7. The van der Waals surface area contributed by atoms with Gasteiger partial charge in [0, 0.05) is 38.7 Å². The fourth-order valence-electron chi connectivity index (χ4n) is 5.21. The summed E-state index contributed by atoms with van der Waals surface area (Å²) in [6.07, 6.45) is 4.37. The van der Waals surface area contributed by atoms with Gasteiger partial charge in [0.2, 0.25) is 5.91 Å². The van der Waals surface area contributed by atoms with Crippen molar-refractivity contribution < 1.29 is 34.3 Å². The molecule has 1 aromatic heterocycles. The van der Waals surface area contributed by atoms with Crippen molar-refractivity contribution in [2.75, 3.05) is 32.8 Å². The Morgan fingerprint density at radius 3 is 2.37 bits per heavy atom. The first-order valence-electron chi connectivity index (χ1n) is 14.9. The maximum Gasteiger partial charge on any atom is 0.274 e. The number of amides is 2. The lowest BCUT2D eigenvalue weighted by Crippen LogP contribution is -2.35. The molecule has 0 radical (unpaired) electrons. The molecule has 0 saturated carbocycles. The van der Waals surface area contributed by atoms with Crippen LogP contribution >= 0.6 is 0 Å². The van der Waals surface area contributed by atoms with Crippen molar-refractivity contribution in [1.82, 2.24) is 20.9 Å². The highest BCUT2D eigenvalue weighted by molar-refractivity contribution is 6.02. The van der Waals surface area contributed by atoms with E-state index in [-0.39, 0.29) is 47.1 Å². The summed E-state index contributed by atoms with van der Waals surface area (Å²) in [4.78, 5) is 26.8. The van der Waals surface area contributed by atoms with Crippen molar-refractivity contribution in [3.63, 3.8) is 0 Å². The maximum atomic E-state index is 13.3. The van der Waals surface area contributed by atoms with Crippen LogP contribution in [0.2, 0.25) is 0 Å². The minimum absolute atomic E-state index is 0.0141. The molecule has 0 atom stereocenters. The van der Waals surface area contributed by atoms with Gasteiger partial charge in [0.1, 0.15) is 11.5 Å². The van der Waals surface area contributed by atoms with Gasteiger partial charge in [-0.2, -0.15) is 0 Å². The molecular weight excluding hydrogens is 552 g/mol. The van der Waals surface area contributed by atoms with Gasteiger partial charge in [0.05, 0.1) is 24.3 Å². The number of aromatic nitrogens is 1. The minimum Gasteiger partial charge on any atom is -0.508 e. The van der Waals surface area contributed by atoms with Crippen LogP contribution in [0.25, 0.3) is 22.5 Å². The Labute approximate surface area is 251 Å². The zero-order valence-electron chi connectivity index (χ0n) is 24.9. The molecule has 43 heavy (non-hydrogen) atoms. The number of phenolic OH excluding ortho intramolecular Hbond substituents is 2. The lowest BCUT2D eigenvalue weighted by molar-refractivity contribution is -0.129. The molecule has 2 amide bonds. The monoisotopic (exact) mass is 594 g/mol. The van der Waals surface area contributed by atoms with Crippen molar-refractivity contribution in [3.05, 3.63) is 53.2 Å². The summed E-state index contributed by atoms with van der Waals surface area (Å²) in [6.45, 7) is 8.31. The highest BCUT2D eigenvalue weighted by Gasteiger charge is 2.27. The number of hydrogen-bond donors (Lipinski definition) is 5. The zero-order chi connectivity index (χ0) is 30.8. The third-order valence-corrected chi connectivity index (χ3v) is 7.66. The van der Waals surface area contributed by atoms with Gasteiger partial charge >= 0.3 is 0 Å². The van der Waals surface area contributed by atoms with Gasteiger partial charge in [0.25, 0.3) is 5.91 Å². The van der Waals surface area contributed by atoms with Gasteiger partial charge in [-0.25, -0.2) is 5.48 Å². The number of nitrogens with one attached hydrogen (secondary N) is 2. The van der Waals surface area contributed by atoms with Crippen LogP contribution in [0.5, 0.6) is 11.5 Å². The zero-order valence-corrected chi connectivity index (χ0v) is 24.9. The molecule has 4 rings (SSSR count). The van der Waals surface area contributed by atoms with Crippen molar-refractivity contribution >= 4 is 11.8 Å². The quantitative estimate of drug-likeness (QED) is 0.0989. The van der Waals surface area contributed by atoms with Crippen molar-refractivity contribution in [1.29, 1.82) is 0 Å². The number of benzene rings is 2. The molecule has 0 aliphatic carbocycles. The van der Waals surface area contributed by atoms with Crippen LogP contribution in [-0.4, -0.2) is 70.1 Å². The fraction of sp³-hybridized carbons (Fsp3) is 0.469. The molecule has 1 saturated heterocycles. The Balaban J connectivity index is 1.53. The molecule has 1 fully saturated rings. The molecule has 11 nitrogen and oxygen atoms in total. The first-order chi connectivity index (χ1) is 20.8. The molecule has 0 unspecified atom stereocenters. The van der Waals surface area contributed by atoms with E-state index in [0.29, 0.717) is 29.7 Å². The number of carbonyl (C=O) groups excluding carboxylic acids is 2. The average Bonchev–Trinajstić information content (AvgIpc) is 3.44. The number of carbonyl (C=O) groups is 2. The van der Waals surface area contributed by atoms with E-state index < -0.39 is 0 Å². The lowest BCUT2D eigenvalue weighted by Gasteiger charge is -2.26. The van der Waals surface area contributed by atoms with E-state index >= 15 is 0 Å². The van der Waals surface area contributed by atoms with E-state index in [4.69, 9.17) is 14.5 Å². The Morgan fingerprint density at radius 2 is 1.67 bits per heavy atom. The standard InChI is InChI=1S/C32H42N4O7/c1-21(2)24-18-25(27(38)19-26(24)37)31-29(23-11-9-22(10-12-23)20-36-14-16-42-17-15-36)30(35-43-31)32(40)33-13-7-5-3-4-6-8-28(39)34-41/h9-12,18-19,21,37-38,41H,3-8,13-17,20H2,1-2H3,(H,33,40)(H,34,39). The Morgan fingerprint density at radius 1 is 0.977 bits per heavy atom. The van der Waals surface area contributed by atoms with Gasteiger partial charge < -0.3 is 24.8 Å². The third kappa shape index (κ3) is 8.56. The lowest BCUT2D eigenvalue weighted by atomic mass is 9.94. The second kappa shape index (κ2) is 15.5. The normalized spacial score (nSPS) is 13.8. The predicted molar refractivity (Wildman–Crippen MR) is 161 cm³/mol. The van der Waals surface area contributed by atoms with E-state index in [9.17, 15) is 19.8 Å². The summed E-state index contributed by atoms with van der Waals surface area (Å²) in [5, 5.41) is 36.8. The summed E-state index contributed by atoms with van der Waals surface area (Å²) in [6, 6.07) is 10.9. The average molecular weight is 595 g/mol. The van der Waals surface area contributed by atoms with Gasteiger partial charge in [0.15, 0.2) is 11.5 Å². The van der Waals surface area contributed by atoms with E-state index in [1.807, 2.05) is 38.1 Å². The molecule has 232 valence electrons. The Hall–Kier alpha value is -3.93. The topological polar surface area (TPSA) is 157 Å². The number of hydroxylamine groups is 1. The number of rotatable bonds is 14. The number of nitrogens with zero attached hydrogens (tertiary/aromatic N) is 2. The maximum absolute atomic E-state index is 13.3. The first-order valence-corrected chi connectivity index (χ1v) is 14.9. The molecule has 2 heterocycles. The number of unbranched alkanes of at least 4 members (excludes halogenated alkanes) is 4. The number of morpholine rings is 1. The first kappa shape index (κ1) is 32.0. The van der Waals surface area contributed by atoms with Crippen LogP contribution in [0.1, 0.15) is 79.9 Å². The van der Waals surface area contributed by atoms with Gasteiger partial charge in [-0.3, -0.25) is 19.7 Å². The smallest absolute Gasteiger partial charge is 0.274 e. The Bertz CT molecular complexity index is 1360. The van der Waals surface area contributed by atoms with Crippen molar-refractivity contribution in [3.8, 4) is 33.9 Å². The van der Waals surface area contributed by atoms with Crippen LogP contribution in [0.4, 0.5) is 0 Å². The summed E-state index contributed by atoms with van der Waals surface area (Å²) in [5.74, 6) is -0.726. The molecule has 5 N–H and O–H groups in total. The molecule has 2 aromatic carbocycles. The van der Waals surface area contributed by atoms with Gasteiger partial charge in [-0.1, -0.05) is 62.5 Å². The van der Waals surface area contributed by atoms with Crippen molar-refractivity contribution in [2.24, 2.45) is 0 Å². The molecule has 11 heteroatoms. The van der Waals surface area contributed by atoms with Crippen LogP contribution in [0.15, 0.2) is 40.9 Å². The summed E-state index contributed by atoms with van der Waals surface area (Å²) < 4.78 is 11.2. The SMILES string of the molecule is CC(C)c1cc(-c2onc(C(=O)NCCCCCCCC(=O)NO)c2-c2ccc(CN3CCOCC3)cc2)c(O)cc1O. The molecule has 3 aromatic rings.